The summed E-state index contributed by atoms with van der Waals surface area (Å²) in [6.45, 7) is 4.99. The number of hydrogen-bond donors (Lipinski definition) is 0. The van der Waals surface area contributed by atoms with Crippen LogP contribution in [0.4, 0.5) is 0 Å². The van der Waals surface area contributed by atoms with Gasteiger partial charge in [-0.15, -0.1) is 0 Å². The SMILES string of the molecule is CC12CCC(=O)C=C1C1CC1C1C2CCC2(C)C1C1CC1[C@@]21CCC(=O)O1. The van der Waals surface area contributed by atoms with Crippen molar-refractivity contribution in [2.24, 2.45) is 52.3 Å². The van der Waals surface area contributed by atoms with E-state index in [9.17, 15) is 9.59 Å². The number of hydrogen-bond acceptors (Lipinski definition) is 3. The van der Waals surface area contributed by atoms with Gasteiger partial charge in [0.05, 0.1) is 0 Å². The Bertz CT molecular complexity index is 827. The molecule has 0 bridgehead atoms. The smallest absolute Gasteiger partial charge is 0.306 e. The summed E-state index contributed by atoms with van der Waals surface area (Å²) in [7, 11) is 0. The van der Waals surface area contributed by atoms with Crippen molar-refractivity contribution in [3.8, 4) is 0 Å². The van der Waals surface area contributed by atoms with Gasteiger partial charge in [-0.2, -0.15) is 0 Å². The molecule has 144 valence electrons. The van der Waals surface area contributed by atoms with Crippen molar-refractivity contribution >= 4 is 11.8 Å². The van der Waals surface area contributed by atoms with Crippen LogP contribution in [-0.2, 0) is 14.3 Å². The molecule has 0 radical (unpaired) electrons. The molecule has 5 saturated carbocycles. The number of allylic oxidation sites excluding steroid dienone is 1. The molecular formula is C24H30O3. The molecule has 1 heterocycles. The third kappa shape index (κ3) is 1.58. The Morgan fingerprint density at radius 1 is 1.00 bits per heavy atom. The summed E-state index contributed by atoms with van der Waals surface area (Å²) in [4.78, 5) is 24.3. The number of carbonyl (C=O) groups is 2. The van der Waals surface area contributed by atoms with E-state index in [-0.39, 0.29) is 22.4 Å². The van der Waals surface area contributed by atoms with Crippen molar-refractivity contribution in [1.82, 2.24) is 0 Å². The maximum Gasteiger partial charge on any atom is 0.306 e. The Kier molecular flexibility index (Phi) is 2.56. The van der Waals surface area contributed by atoms with Crippen LogP contribution in [0.15, 0.2) is 11.6 Å². The van der Waals surface area contributed by atoms with Crippen LogP contribution in [0.2, 0.25) is 0 Å². The van der Waals surface area contributed by atoms with Gasteiger partial charge in [-0.3, -0.25) is 9.59 Å². The molecule has 0 amide bonds. The standard InChI is InChI=1S/C24H30O3/c1-22-6-3-12(25)9-17(22)13-10-14(13)20-16(22)4-7-23(2)21(20)15-11-18(15)24(23)8-5-19(26)27-24/h9,13-16,18,20-21H,3-8,10-11H2,1-2H3/t13?,14?,15?,16?,18?,20?,21?,22?,23?,24-/m0/s1. The van der Waals surface area contributed by atoms with Crippen LogP contribution in [0.1, 0.15) is 65.2 Å². The van der Waals surface area contributed by atoms with Crippen molar-refractivity contribution in [3.05, 3.63) is 11.6 Å². The number of ketones is 1. The van der Waals surface area contributed by atoms with E-state index in [1.165, 1.54) is 31.3 Å². The van der Waals surface area contributed by atoms with Crippen LogP contribution < -0.4 is 0 Å². The van der Waals surface area contributed by atoms with Gasteiger partial charge >= 0.3 is 5.97 Å². The van der Waals surface area contributed by atoms with Crippen LogP contribution in [0.25, 0.3) is 0 Å². The zero-order valence-electron chi connectivity index (χ0n) is 16.5. The van der Waals surface area contributed by atoms with Gasteiger partial charge in [0, 0.05) is 24.2 Å². The van der Waals surface area contributed by atoms with Crippen LogP contribution in [0, 0.1) is 52.3 Å². The molecule has 1 spiro atoms. The van der Waals surface area contributed by atoms with E-state index < -0.39 is 0 Å². The molecule has 3 heteroatoms. The Labute approximate surface area is 161 Å². The second-order valence-corrected chi connectivity index (χ2v) is 11.5. The van der Waals surface area contributed by atoms with E-state index in [0.29, 0.717) is 24.0 Å². The van der Waals surface area contributed by atoms with Crippen LogP contribution in [0.3, 0.4) is 0 Å². The second kappa shape index (κ2) is 4.39. The molecule has 1 aliphatic heterocycles. The number of esters is 1. The Morgan fingerprint density at radius 3 is 2.63 bits per heavy atom. The third-order valence-corrected chi connectivity index (χ3v) is 10.9. The maximum absolute atomic E-state index is 12.2. The molecule has 6 aliphatic carbocycles. The zero-order valence-corrected chi connectivity index (χ0v) is 16.5. The van der Waals surface area contributed by atoms with Crippen LogP contribution in [0.5, 0.6) is 0 Å². The molecule has 7 rings (SSSR count). The number of carbonyl (C=O) groups excluding carboxylic acids is 2. The van der Waals surface area contributed by atoms with Gasteiger partial charge in [0.15, 0.2) is 5.78 Å². The van der Waals surface area contributed by atoms with E-state index in [0.717, 1.165) is 48.9 Å². The first kappa shape index (κ1) is 15.8. The number of ether oxygens (including phenoxy) is 1. The summed E-state index contributed by atoms with van der Waals surface area (Å²) < 4.78 is 6.22. The molecule has 9 unspecified atom stereocenters. The lowest BCUT2D eigenvalue weighted by atomic mass is 9.45. The summed E-state index contributed by atoms with van der Waals surface area (Å²) in [5.41, 5.74) is 1.85. The average molecular weight is 367 g/mol. The van der Waals surface area contributed by atoms with Gasteiger partial charge < -0.3 is 4.74 Å². The fourth-order valence-electron chi connectivity index (χ4n) is 9.74. The molecule has 6 fully saturated rings. The summed E-state index contributed by atoms with van der Waals surface area (Å²) in [6, 6.07) is 0. The van der Waals surface area contributed by atoms with E-state index in [4.69, 9.17) is 4.74 Å². The molecule has 3 nitrogen and oxygen atoms in total. The van der Waals surface area contributed by atoms with E-state index >= 15 is 0 Å². The van der Waals surface area contributed by atoms with Gasteiger partial charge in [0.1, 0.15) is 5.60 Å². The van der Waals surface area contributed by atoms with Gasteiger partial charge in [-0.25, -0.2) is 0 Å². The first-order valence-electron chi connectivity index (χ1n) is 11.4. The van der Waals surface area contributed by atoms with E-state index in [1.54, 1.807) is 0 Å². The van der Waals surface area contributed by atoms with Crippen molar-refractivity contribution in [2.75, 3.05) is 0 Å². The lowest BCUT2D eigenvalue weighted by molar-refractivity contribution is -0.177. The highest BCUT2D eigenvalue weighted by Gasteiger charge is 2.81. The summed E-state index contributed by atoms with van der Waals surface area (Å²) >= 11 is 0. The highest BCUT2D eigenvalue weighted by Crippen LogP contribution is 2.82. The molecule has 10 atom stereocenters. The van der Waals surface area contributed by atoms with Gasteiger partial charge in [0.25, 0.3) is 0 Å². The van der Waals surface area contributed by atoms with Gasteiger partial charge in [-0.05, 0) is 85.5 Å². The molecule has 0 N–H and O–H groups in total. The lowest BCUT2D eigenvalue weighted by Gasteiger charge is -2.60. The van der Waals surface area contributed by atoms with Crippen molar-refractivity contribution in [1.29, 1.82) is 0 Å². The predicted octanol–water partition coefficient (Wildman–Crippen LogP) is 4.31. The molecule has 0 aromatic heterocycles. The van der Waals surface area contributed by atoms with Crippen LogP contribution in [-0.4, -0.2) is 17.4 Å². The summed E-state index contributed by atoms with van der Waals surface area (Å²) in [6.07, 6.45) is 10.6. The van der Waals surface area contributed by atoms with Crippen molar-refractivity contribution in [2.45, 2.75) is 70.8 Å². The maximum atomic E-state index is 12.2. The molecule has 0 aromatic carbocycles. The molecular weight excluding hydrogens is 336 g/mol. The van der Waals surface area contributed by atoms with E-state index in [2.05, 4.69) is 19.9 Å². The Morgan fingerprint density at radius 2 is 1.85 bits per heavy atom. The highest BCUT2D eigenvalue weighted by molar-refractivity contribution is 5.92. The third-order valence-electron chi connectivity index (χ3n) is 10.9. The first-order valence-corrected chi connectivity index (χ1v) is 11.4. The molecule has 7 aliphatic rings. The average Bonchev–Trinajstić information content (AvgIpc) is 3.53. The van der Waals surface area contributed by atoms with Crippen LogP contribution >= 0.6 is 0 Å². The largest absolute Gasteiger partial charge is 0.458 e. The second-order valence-electron chi connectivity index (χ2n) is 11.5. The first-order chi connectivity index (χ1) is 12.9. The Hall–Kier alpha value is -1.12. The Balaban J connectivity index is 1.33. The van der Waals surface area contributed by atoms with Gasteiger partial charge in [-0.1, -0.05) is 19.4 Å². The van der Waals surface area contributed by atoms with E-state index in [1.807, 2.05) is 0 Å². The number of rotatable bonds is 0. The van der Waals surface area contributed by atoms with Crippen molar-refractivity contribution < 1.29 is 14.3 Å². The summed E-state index contributed by atoms with van der Waals surface area (Å²) in [5.74, 6) is 5.65. The zero-order chi connectivity index (χ0) is 18.3. The monoisotopic (exact) mass is 366 g/mol. The normalized spacial score (nSPS) is 62.0. The minimum absolute atomic E-state index is 0.0561. The fourth-order valence-corrected chi connectivity index (χ4v) is 9.74. The highest BCUT2D eigenvalue weighted by atomic mass is 16.6. The lowest BCUT2D eigenvalue weighted by Crippen LogP contribution is -2.57. The molecule has 1 saturated heterocycles. The minimum Gasteiger partial charge on any atom is -0.458 e. The van der Waals surface area contributed by atoms with Gasteiger partial charge in [0.2, 0.25) is 0 Å². The summed E-state index contributed by atoms with van der Waals surface area (Å²) in [5, 5.41) is 0. The van der Waals surface area contributed by atoms with Crippen molar-refractivity contribution in [3.63, 3.8) is 0 Å². The minimum atomic E-state index is -0.131. The molecule has 0 aromatic rings. The number of fused-ring (bicyclic) bond motifs is 12. The predicted molar refractivity (Wildman–Crippen MR) is 99.5 cm³/mol. The fraction of sp³-hybridized carbons (Fsp3) is 0.833. The topological polar surface area (TPSA) is 43.4 Å². The molecule has 27 heavy (non-hydrogen) atoms. The quantitative estimate of drug-likeness (QED) is 0.600.